The third kappa shape index (κ3) is 4.36. The second-order valence-corrected chi connectivity index (χ2v) is 9.87. The lowest BCUT2D eigenvalue weighted by Gasteiger charge is -2.21. The van der Waals surface area contributed by atoms with Crippen LogP contribution in [0.5, 0.6) is 0 Å². The molecule has 2 N–H and O–H groups in total. The molecule has 0 saturated carbocycles. The molecule has 8 nitrogen and oxygen atoms in total. The van der Waals surface area contributed by atoms with E-state index in [9.17, 15) is 8.42 Å². The predicted molar refractivity (Wildman–Crippen MR) is 119 cm³/mol. The summed E-state index contributed by atoms with van der Waals surface area (Å²) in [7, 11) is -3.59. The number of nitrogens with zero attached hydrogens (tertiary/aromatic N) is 4. The predicted octanol–water partition coefficient (Wildman–Crippen LogP) is 3.04. The number of hydrogen-bond donors (Lipinski definition) is 2. The monoisotopic (exact) mass is 448 g/mol. The normalized spacial score (nSPS) is 14.2. The molecule has 0 saturated heterocycles. The Labute approximate surface area is 187 Å². The van der Waals surface area contributed by atoms with Crippen LogP contribution in [0.1, 0.15) is 28.2 Å². The molecule has 0 aliphatic carbocycles. The molecule has 0 atom stereocenters. The van der Waals surface area contributed by atoms with E-state index in [0.29, 0.717) is 37.6 Å². The Kier molecular flexibility index (Phi) is 5.60. The molecule has 0 amide bonds. The van der Waals surface area contributed by atoms with Gasteiger partial charge in [0, 0.05) is 44.8 Å². The number of aromatic amines is 2. The summed E-state index contributed by atoms with van der Waals surface area (Å²) in [6, 6.07) is 15.1. The van der Waals surface area contributed by atoms with Crippen molar-refractivity contribution in [1.29, 1.82) is 0 Å². The highest BCUT2D eigenvalue weighted by molar-refractivity contribution is 7.89. The van der Waals surface area contributed by atoms with E-state index < -0.39 is 10.0 Å². The van der Waals surface area contributed by atoms with Gasteiger partial charge in [-0.15, -0.1) is 0 Å². The lowest BCUT2D eigenvalue weighted by Crippen LogP contribution is -2.26. The number of sulfonamides is 1. The molecule has 5 rings (SSSR count). The largest absolute Gasteiger partial charge is 0.351 e. The van der Waals surface area contributed by atoms with Crippen LogP contribution in [0.15, 0.2) is 78.3 Å². The van der Waals surface area contributed by atoms with Crippen LogP contribution >= 0.6 is 0 Å². The van der Waals surface area contributed by atoms with Gasteiger partial charge >= 0.3 is 0 Å². The molecular weight excluding hydrogens is 424 g/mol. The zero-order valence-corrected chi connectivity index (χ0v) is 18.3. The number of hydrogen-bond acceptors (Lipinski definition) is 5. The van der Waals surface area contributed by atoms with Gasteiger partial charge in [0.25, 0.3) is 0 Å². The summed E-state index contributed by atoms with van der Waals surface area (Å²) in [6.07, 6.45) is 7.04. The van der Waals surface area contributed by atoms with E-state index in [-0.39, 0.29) is 0 Å². The summed E-state index contributed by atoms with van der Waals surface area (Å²) in [5, 5.41) is 0. The standard InChI is InChI=1S/C23H24N6O2S/c30-32(31,29-13-19-5-1-2-6-20(19)14-29)22-7-3-4-18(10-22)12-28(15-21-11-24-17-27-21)16-23-25-8-9-26-23/h1-11,17H,12-16H2,(H,24,27)(H,25,26). The minimum Gasteiger partial charge on any atom is -0.351 e. The Morgan fingerprint density at radius 3 is 2.47 bits per heavy atom. The van der Waals surface area contributed by atoms with Crippen LogP contribution < -0.4 is 0 Å². The fourth-order valence-corrected chi connectivity index (χ4v) is 5.52. The Balaban J connectivity index is 1.36. The van der Waals surface area contributed by atoms with Crippen molar-refractivity contribution in [1.82, 2.24) is 29.1 Å². The van der Waals surface area contributed by atoms with Crippen molar-refractivity contribution in [3.8, 4) is 0 Å². The zero-order valence-electron chi connectivity index (χ0n) is 17.5. The van der Waals surface area contributed by atoms with Crippen LogP contribution in [-0.4, -0.2) is 37.6 Å². The average Bonchev–Trinajstić information content (AvgIpc) is 3.56. The fraction of sp³-hybridized carbons (Fsp3) is 0.217. The van der Waals surface area contributed by atoms with Crippen LogP contribution in [0.4, 0.5) is 0 Å². The Morgan fingerprint density at radius 2 is 1.78 bits per heavy atom. The van der Waals surface area contributed by atoms with Crippen molar-refractivity contribution in [2.75, 3.05) is 0 Å². The van der Waals surface area contributed by atoms with Crippen LogP contribution in [0.2, 0.25) is 0 Å². The van der Waals surface area contributed by atoms with Crippen LogP contribution in [0.25, 0.3) is 0 Å². The molecule has 3 heterocycles. The molecule has 4 aromatic rings. The Morgan fingerprint density at radius 1 is 0.969 bits per heavy atom. The number of imidazole rings is 2. The maximum absolute atomic E-state index is 13.3. The number of H-pyrrole nitrogens is 2. The van der Waals surface area contributed by atoms with E-state index in [1.807, 2.05) is 42.6 Å². The van der Waals surface area contributed by atoms with Gasteiger partial charge in [-0.05, 0) is 28.8 Å². The van der Waals surface area contributed by atoms with E-state index in [4.69, 9.17) is 0 Å². The van der Waals surface area contributed by atoms with Crippen molar-refractivity contribution >= 4 is 10.0 Å². The summed E-state index contributed by atoms with van der Waals surface area (Å²) in [5.41, 5.74) is 3.96. The van der Waals surface area contributed by atoms with Crippen molar-refractivity contribution in [2.45, 2.75) is 37.6 Å². The number of fused-ring (bicyclic) bond motifs is 1. The molecule has 0 bridgehead atoms. The van der Waals surface area contributed by atoms with Crippen LogP contribution in [0, 0.1) is 0 Å². The van der Waals surface area contributed by atoms with Gasteiger partial charge in [-0.1, -0.05) is 36.4 Å². The highest BCUT2D eigenvalue weighted by atomic mass is 32.2. The molecule has 9 heteroatoms. The Hall–Kier alpha value is -3.27. The maximum atomic E-state index is 13.3. The lowest BCUT2D eigenvalue weighted by molar-refractivity contribution is 0.239. The second kappa shape index (κ2) is 8.70. The summed E-state index contributed by atoms with van der Waals surface area (Å²) in [5.74, 6) is 0.846. The molecule has 0 fully saturated rings. The molecule has 0 radical (unpaired) electrons. The van der Waals surface area contributed by atoms with Crippen LogP contribution in [0.3, 0.4) is 0 Å². The average molecular weight is 449 g/mol. The highest BCUT2D eigenvalue weighted by Gasteiger charge is 2.30. The summed E-state index contributed by atoms with van der Waals surface area (Å²) in [6.45, 7) is 2.59. The molecule has 0 unspecified atom stereocenters. The lowest BCUT2D eigenvalue weighted by atomic mass is 10.1. The van der Waals surface area contributed by atoms with E-state index in [0.717, 1.165) is 28.2 Å². The van der Waals surface area contributed by atoms with Gasteiger partial charge in [0.1, 0.15) is 5.82 Å². The summed E-state index contributed by atoms with van der Waals surface area (Å²) < 4.78 is 28.2. The number of aromatic nitrogens is 4. The van der Waals surface area contributed by atoms with Crippen molar-refractivity contribution in [3.63, 3.8) is 0 Å². The van der Waals surface area contributed by atoms with Gasteiger partial charge in [-0.25, -0.2) is 18.4 Å². The van der Waals surface area contributed by atoms with Gasteiger partial charge in [0.15, 0.2) is 0 Å². The first-order chi connectivity index (χ1) is 15.6. The zero-order chi connectivity index (χ0) is 22.0. The first kappa shape index (κ1) is 20.6. The third-order valence-electron chi connectivity index (χ3n) is 5.62. The summed E-state index contributed by atoms with van der Waals surface area (Å²) >= 11 is 0. The number of rotatable bonds is 8. The van der Waals surface area contributed by atoms with E-state index in [1.54, 1.807) is 35.2 Å². The van der Waals surface area contributed by atoms with E-state index in [1.165, 1.54) is 0 Å². The van der Waals surface area contributed by atoms with Crippen molar-refractivity contribution in [3.05, 3.63) is 102 Å². The fourth-order valence-electron chi connectivity index (χ4n) is 4.05. The molecule has 2 aromatic heterocycles. The second-order valence-electron chi connectivity index (χ2n) is 7.93. The topological polar surface area (TPSA) is 98.0 Å². The SMILES string of the molecule is O=S(=O)(c1cccc(CN(Cc2c[nH]cn2)Cc2ncc[nH]2)c1)N1Cc2ccccc2C1. The molecule has 1 aliphatic heterocycles. The molecule has 32 heavy (non-hydrogen) atoms. The highest BCUT2D eigenvalue weighted by Crippen LogP contribution is 2.29. The van der Waals surface area contributed by atoms with Gasteiger partial charge < -0.3 is 9.97 Å². The van der Waals surface area contributed by atoms with E-state index in [2.05, 4.69) is 24.8 Å². The van der Waals surface area contributed by atoms with Crippen molar-refractivity contribution in [2.24, 2.45) is 0 Å². The smallest absolute Gasteiger partial charge is 0.243 e. The molecule has 1 aliphatic rings. The third-order valence-corrected chi connectivity index (χ3v) is 7.41. The first-order valence-corrected chi connectivity index (χ1v) is 11.9. The van der Waals surface area contributed by atoms with Gasteiger partial charge in [0.05, 0.1) is 23.5 Å². The molecule has 2 aromatic carbocycles. The number of nitrogens with one attached hydrogen (secondary N) is 2. The van der Waals surface area contributed by atoms with E-state index >= 15 is 0 Å². The Bertz CT molecular complexity index is 1220. The minimum absolute atomic E-state index is 0.320. The molecule has 0 spiro atoms. The van der Waals surface area contributed by atoms with Gasteiger partial charge in [-0.2, -0.15) is 4.31 Å². The molecule has 164 valence electrons. The minimum atomic E-state index is -3.59. The summed E-state index contributed by atoms with van der Waals surface area (Å²) in [4.78, 5) is 17.3. The maximum Gasteiger partial charge on any atom is 0.243 e. The quantitative estimate of drug-likeness (QED) is 0.432. The van der Waals surface area contributed by atoms with Crippen molar-refractivity contribution < 1.29 is 8.42 Å². The molecular formula is C23H24N6O2S. The van der Waals surface area contributed by atoms with Crippen LogP contribution in [-0.2, 0) is 42.7 Å². The number of benzene rings is 2. The first-order valence-electron chi connectivity index (χ1n) is 10.4. The van der Waals surface area contributed by atoms with Gasteiger partial charge in [0.2, 0.25) is 10.0 Å². The van der Waals surface area contributed by atoms with Gasteiger partial charge in [-0.3, -0.25) is 4.90 Å².